The highest BCUT2D eigenvalue weighted by Crippen LogP contribution is 2.24. The van der Waals surface area contributed by atoms with Crippen LogP contribution in [0.25, 0.3) is 0 Å². The third-order valence-electron chi connectivity index (χ3n) is 3.23. The summed E-state index contributed by atoms with van der Waals surface area (Å²) in [6.07, 6.45) is 4.92. The molecule has 2 N–H and O–H groups in total. The van der Waals surface area contributed by atoms with Gasteiger partial charge in [0.1, 0.15) is 5.76 Å². The number of aromatic nitrogens is 2. The maximum atomic E-state index is 6.26. The Balaban J connectivity index is 2.00. The highest BCUT2D eigenvalue weighted by atomic mass is 35.5. The van der Waals surface area contributed by atoms with Gasteiger partial charge in [0.15, 0.2) is 0 Å². The Labute approximate surface area is 124 Å². The zero-order chi connectivity index (χ0) is 14.5. The first-order valence-electron chi connectivity index (χ1n) is 6.72. The molecule has 6 heteroatoms. The van der Waals surface area contributed by atoms with Crippen LogP contribution in [0, 0.1) is 0 Å². The molecule has 0 aliphatic carbocycles. The number of nitrogens with zero attached hydrogens (tertiary/aromatic N) is 3. The van der Waals surface area contributed by atoms with Gasteiger partial charge in [0, 0.05) is 19.0 Å². The summed E-state index contributed by atoms with van der Waals surface area (Å²) in [4.78, 5) is 2.10. The largest absolute Gasteiger partial charge is 0.469 e. The standard InChI is InChI=1S/C14H21ClN4O/c1-18(2)7-8-19-14(12(15)10-17-19)13(16)6-5-11-4-3-9-20-11/h3-4,9-10,13H,5-8,16H2,1-2H3. The van der Waals surface area contributed by atoms with Crippen LogP contribution < -0.4 is 5.73 Å². The van der Waals surface area contributed by atoms with Crippen molar-refractivity contribution in [2.24, 2.45) is 5.73 Å². The third-order valence-corrected chi connectivity index (χ3v) is 3.52. The van der Waals surface area contributed by atoms with Gasteiger partial charge in [-0.3, -0.25) is 4.68 Å². The summed E-state index contributed by atoms with van der Waals surface area (Å²) in [6, 6.07) is 3.70. The van der Waals surface area contributed by atoms with E-state index in [0.29, 0.717) is 5.02 Å². The minimum absolute atomic E-state index is 0.141. The predicted molar refractivity (Wildman–Crippen MR) is 79.7 cm³/mol. The monoisotopic (exact) mass is 296 g/mol. The van der Waals surface area contributed by atoms with Crippen LogP contribution in [0.15, 0.2) is 29.0 Å². The van der Waals surface area contributed by atoms with Crippen molar-refractivity contribution in [3.8, 4) is 0 Å². The van der Waals surface area contributed by atoms with E-state index in [-0.39, 0.29) is 6.04 Å². The summed E-state index contributed by atoms with van der Waals surface area (Å²) in [7, 11) is 4.06. The van der Waals surface area contributed by atoms with Crippen molar-refractivity contribution < 1.29 is 4.42 Å². The first-order chi connectivity index (χ1) is 9.58. The van der Waals surface area contributed by atoms with Crippen molar-refractivity contribution in [1.29, 1.82) is 0 Å². The second-order valence-corrected chi connectivity index (χ2v) is 5.54. The van der Waals surface area contributed by atoms with E-state index in [9.17, 15) is 0 Å². The molecule has 0 aromatic carbocycles. The quantitative estimate of drug-likeness (QED) is 0.852. The van der Waals surface area contributed by atoms with E-state index in [2.05, 4.69) is 10.00 Å². The Bertz CT molecular complexity index is 521. The molecule has 2 aromatic rings. The van der Waals surface area contributed by atoms with Crippen LogP contribution in [0.3, 0.4) is 0 Å². The molecule has 20 heavy (non-hydrogen) atoms. The number of nitrogens with two attached hydrogens (primary N) is 1. The second-order valence-electron chi connectivity index (χ2n) is 5.13. The van der Waals surface area contributed by atoms with Crippen molar-refractivity contribution in [3.63, 3.8) is 0 Å². The highest BCUT2D eigenvalue weighted by Gasteiger charge is 2.17. The summed E-state index contributed by atoms with van der Waals surface area (Å²) in [5, 5.41) is 4.94. The molecule has 1 unspecified atom stereocenters. The van der Waals surface area contributed by atoms with Crippen LogP contribution in [0.1, 0.15) is 23.9 Å². The first kappa shape index (κ1) is 15.1. The normalized spacial score (nSPS) is 13.1. The lowest BCUT2D eigenvalue weighted by atomic mass is 10.1. The van der Waals surface area contributed by atoms with E-state index in [0.717, 1.165) is 37.4 Å². The Hall–Kier alpha value is -1.30. The Morgan fingerprint density at radius 3 is 2.95 bits per heavy atom. The van der Waals surface area contributed by atoms with Crippen LogP contribution in [0.2, 0.25) is 5.02 Å². The molecule has 0 saturated carbocycles. The number of hydrogen-bond donors (Lipinski definition) is 1. The van der Waals surface area contributed by atoms with E-state index >= 15 is 0 Å². The number of furan rings is 1. The van der Waals surface area contributed by atoms with Crippen LogP contribution in [-0.4, -0.2) is 35.3 Å². The SMILES string of the molecule is CN(C)CCn1ncc(Cl)c1C(N)CCc1ccco1. The molecule has 0 radical (unpaired) electrons. The van der Waals surface area contributed by atoms with Crippen LogP contribution >= 0.6 is 11.6 Å². The van der Waals surface area contributed by atoms with Gasteiger partial charge in [-0.25, -0.2) is 0 Å². The summed E-state index contributed by atoms with van der Waals surface area (Å²) >= 11 is 6.22. The van der Waals surface area contributed by atoms with Crippen molar-refractivity contribution >= 4 is 11.6 Å². The van der Waals surface area contributed by atoms with Gasteiger partial charge in [-0.1, -0.05) is 11.6 Å². The molecule has 2 heterocycles. The van der Waals surface area contributed by atoms with Gasteiger partial charge >= 0.3 is 0 Å². The molecule has 1 atom stereocenters. The fraction of sp³-hybridized carbons (Fsp3) is 0.500. The smallest absolute Gasteiger partial charge is 0.103 e. The lowest BCUT2D eigenvalue weighted by molar-refractivity contribution is 0.365. The van der Waals surface area contributed by atoms with E-state index in [4.69, 9.17) is 21.8 Å². The fourth-order valence-corrected chi connectivity index (χ4v) is 2.38. The van der Waals surface area contributed by atoms with Gasteiger partial charge in [0.05, 0.1) is 29.7 Å². The number of aryl methyl sites for hydroxylation is 1. The number of likely N-dealkylation sites (N-methyl/N-ethyl adjacent to an activating group) is 1. The van der Waals surface area contributed by atoms with Gasteiger partial charge < -0.3 is 15.1 Å². The van der Waals surface area contributed by atoms with Crippen molar-refractivity contribution in [3.05, 3.63) is 41.1 Å². The van der Waals surface area contributed by atoms with Crippen LogP contribution in [0.5, 0.6) is 0 Å². The molecule has 0 saturated heterocycles. The molecular formula is C14H21ClN4O. The molecule has 0 amide bonds. The van der Waals surface area contributed by atoms with E-state index in [1.807, 2.05) is 30.9 Å². The summed E-state index contributed by atoms with van der Waals surface area (Å²) < 4.78 is 7.22. The lowest BCUT2D eigenvalue weighted by Gasteiger charge is -2.16. The van der Waals surface area contributed by atoms with Crippen LogP contribution in [-0.2, 0) is 13.0 Å². The minimum Gasteiger partial charge on any atom is -0.469 e. The van der Waals surface area contributed by atoms with E-state index in [1.54, 1.807) is 12.5 Å². The summed E-state index contributed by atoms with van der Waals surface area (Å²) in [5.74, 6) is 0.941. The summed E-state index contributed by atoms with van der Waals surface area (Å²) in [5.41, 5.74) is 7.17. The molecule has 0 spiro atoms. The number of halogens is 1. The van der Waals surface area contributed by atoms with Gasteiger partial charge in [-0.2, -0.15) is 5.10 Å². The molecule has 5 nitrogen and oxygen atoms in total. The number of hydrogen-bond acceptors (Lipinski definition) is 4. The second kappa shape index (κ2) is 6.92. The molecule has 0 aliphatic rings. The van der Waals surface area contributed by atoms with Crippen molar-refractivity contribution in [2.45, 2.75) is 25.4 Å². The molecule has 2 rings (SSSR count). The Morgan fingerprint density at radius 1 is 1.50 bits per heavy atom. The van der Waals surface area contributed by atoms with Crippen LogP contribution in [0.4, 0.5) is 0 Å². The summed E-state index contributed by atoms with van der Waals surface area (Å²) in [6.45, 7) is 1.68. The molecule has 0 fully saturated rings. The van der Waals surface area contributed by atoms with Gasteiger partial charge in [0.2, 0.25) is 0 Å². The maximum Gasteiger partial charge on any atom is 0.103 e. The lowest BCUT2D eigenvalue weighted by Crippen LogP contribution is -2.23. The van der Waals surface area contributed by atoms with Gasteiger partial charge in [-0.15, -0.1) is 0 Å². The molecule has 110 valence electrons. The predicted octanol–water partition coefficient (Wildman–Crippen LogP) is 2.32. The van der Waals surface area contributed by atoms with Gasteiger partial charge in [0.25, 0.3) is 0 Å². The molecule has 0 aliphatic heterocycles. The Morgan fingerprint density at radius 2 is 2.30 bits per heavy atom. The minimum atomic E-state index is -0.141. The molecular weight excluding hydrogens is 276 g/mol. The maximum absolute atomic E-state index is 6.26. The number of rotatable bonds is 7. The zero-order valence-corrected chi connectivity index (χ0v) is 12.7. The fourth-order valence-electron chi connectivity index (χ4n) is 2.10. The van der Waals surface area contributed by atoms with Crippen molar-refractivity contribution in [1.82, 2.24) is 14.7 Å². The van der Waals surface area contributed by atoms with Gasteiger partial charge in [-0.05, 0) is 32.6 Å². The van der Waals surface area contributed by atoms with E-state index < -0.39 is 0 Å². The topological polar surface area (TPSA) is 60.2 Å². The third kappa shape index (κ3) is 3.85. The average molecular weight is 297 g/mol. The highest BCUT2D eigenvalue weighted by molar-refractivity contribution is 6.31. The van der Waals surface area contributed by atoms with E-state index in [1.165, 1.54) is 0 Å². The molecule has 2 aromatic heterocycles. The average Bonchev–Trinajstić information content (AvgIpc) is 3.03. The zero-order valence-electron chi connectivity index (χ0n) is 11.9. The Kier molecular flexibility index (Phi) is 5.23. The molecule has 0 bridgehead atoms. The first-order valence-corrected chi connectivity index (χ1v) is 7.09. The van der Waals surface area contributed by atoms with Crippen molar-refractivity contribution in [2.75, 3.05) is 20.6 Å².